The molecule has 1 aliphatic carbocycles. The second-order valence-corrected chi connectivity index (χ2v) is 7.78. The van der Waals surface area contributed by atoms with E-state index in [4.69, 9.17) is 0 Å². The van der Waals surface area contributed by atoms with Crippen LogP contribution in [0.2, 0.25) is 0 Å². The first-order chi connectivity index (χ1) is 9.99. The summed E-state index contributed by atoms with van der Waals surface area (Å²) in [6, 6.07) is 6.62. The first-order valence-corrected chi connectivity index (χ1v) is 8.49. The van der Waals surface area contributed by atoms with E-state index in [1.54, 1.807) is 0 Å². The normalized spacial score (nSPS) is 29.7. The molecule has 2 N–H and O–H groups in total. The van der Waals surface area contributed by atoms with E-state index in [9.17, 15) is 5.11 Å². The summed E-state index contributed by atoms with van der Waals surface area (Å²) in [6.45, 7) is 9.00. The lowest BCUT2D eigenvalue weighted by Crippen LogP contribution is -2.38. The van der Waals surface area contributed by atoms with Crippen LogP contribution in [0.1, 0.15) is 62.8 Å². The highest BCUT2D eigenvalue weighted by Gasteiger charge is 2.41. The SMILES string of the molecule is C[C@H]1CCCC(C)(C)[C@@H]1C(O)c1ccc2c(c1)CCNC2. The average molecular weight is 287 g/mol. The number of nitrogens with one attached hydrogen (secondary N) is 1. The third kappa shape index (κ3) is 2.89. The number of hydrogen-bond acceptors (Lipinski definition) is 2. The standard InChI is InChI=1S/C19H29NO/c1-13-5-4-9-19(2,3)17(13)18(21)15-6-7-16-12-20-10-8-14(16)11-15/h6-7,11,13,17-18,20-21H,4-5,8-10,12H2,1-3H3/t13-,17-,18?/m0/s1. The Kier molecular flexibility index (Phi) is 4.11. The quantitative estimate of drug-likeness (QED) is 0.866. The van der Waals surface area contributed by atoms with Crippen LogP contribution in [0.25, 0.3) is 0 Å². The number of fused-ring (bicyclic) bond motifs is 1. The summed E-state index contributed by atoms with van der Waals surface area (Å²) in [5.74, 6) is 0.965. The van der Waals surface area contributed by atoms with Gasteiger partial charge in [-0.1, -0.05) is 51.8 Å². The maximum absolute atomic E-state index is 11.0. The third-order valence-electron chi connectivity index (χ3n) is 5.79. The lowest BCUT2D eigenvalue weighted by Gasteiger charge is -2.45. The minimum Gasteiger partial charge on any atom is -0.388 e. The summed E-state index contributed by atoms with van der Waals surface area (Å²) in [4.78, 5) is 0. The Bertz CT molecular complexity index is 508. The summed E-state index contributed by atoms with van der Waals surface area (Å²) < 4.78 is 0. The number of hydrogen-bond donors (Lipinski definition) is 2. The van der Waals surface area contributed by atoms with Crippen LogP contribution >= 0.6 is 0 Å². The van der Waals surface area contributed by atoms with Crippen molar-refractivity contribution >= 4 is 0 Å². The molecule has 1 aromatic rings. The fourth-order valence-electron chi connectivity index (χ4n) is 4.62. The largest absolute Gasteiger partial charge is 0.388 e. The fraction of sp³-hybridized carbons (Fsp3) is 0.684. The van der Waals surface area contributed by atoms with Gasteiger partial charge in [-0.2, -0.15) is 0 Å². The fourth-order valence-corrected chi connectivity index (χ4v) is 4.62. The van der Waals surface area contributed by atoms with Gasteiger partial charge in [0.15, 0.2) is 0 Å². The third-order valence-corrected chi connectivity index (χ3v) is 5.79. The van der Waals surface area contributed by atoms with Crippen LogP contribution < -0.4 is 5.32 Å². The summed E-state index contributed by atoms with van der Waals surface area (Å²) >= 11 is 0. The lowest BCUT2D eigenvalue weighted by atomic mass is 9.61. The molecule has 2 heteroatoms. The Morgan fingerprint density at radius 2 is 2.10 bits per heavy atom. The highest BCUT2D eigenvalue weighted by atomic mass is 16.3. The molecule has 1 saturated carbocycles. The summed E-state index contributed by atoms with van der Waals surface area (Å²) in [6.07, 6.45) is 4.54. The van der Waals surface area contributed by atoms with Gasteiger partial charge in [0, 0.05) is 6.54 Å². The van der Waals surface area contributed by atoms with Crippen molar-refractivity contribution in [2.45, 2.75) is 59.1 Å². The van der Waals surface area contributed by atoms with Crippen molar-refractivity contribution in [3.05, 3.63) is 34.9 Å². The van der Waals surface area contributed by atoms with E-state index < -0.39 is 0 Å². The Morgan fingerprint density at radius 1 is 1.29 bits per heavy atom. The zero-order valence-electron chi connectivity index (χ0n) is 13.7. The van der Waals surface area contributed by atoms with Crippen molar-refractivity contribution in [1.29, 1.82) is 0 Å². The van der Waals surface area contributed by atoms with Crippen molar-refractivity contribution in [3.63, 3.8) is 0 Å². The molecule has 1 heterocycles. The zero-order chi connectivity index (χ0) is 15.0. The molecule has 1 aromatic carbocycles. The Morgan fingerprint density at radius 3 is 2.86 bits per heavy atom. The number of rotatable bonds is 2. The zero-order valence-corrected chi connectivity index (χ0v) is 13.7. The molecule has 116 valence electrons. The van der Waals surface area contributed by atoms with Gasteiger partial charge in [-0.05, 0) is 53.3 Å². The number of aliphatic hydroxyl groups is 1. The Labute approximate surface area is 129 Å². The topological polar surface area (TPSA) is 32.3 Å². The van der Waals surface area contributed by atoms with Gasteiger partial charge in [-0.25, -0.2) is 0 Å². The van der Waals surface area contributed by atoms with Crippen LogP contribution in [0.5, 0.6) is 0 Å². The molecule has 0 aromatic heterocycles. The molecule has 1 aliphatic heterocycles. The van der Waals surface area contributed by atoms with E-state index >= 15 is 0 Å². The van der Waals surface area contributed by atoms with Crippen molar-refractivity contribution in [3.8, 4) is 0 Å². The molecule has 0 spiro atoms. The van der Waals surface area contributed by atoms with Crippen molar-refractivity contribution < 1.29 is 5.11 Å². The molecule has 3 rings (SSSR count). The molecular weight excluding hydrogens is 258 g/mol. The molecule has 1 unspecified atom stereocenters. The predicted octanol–water partition coefficient (Wildman–Crippen LogP) is 3.83. The molecule has 2 aliphatic rings. The highest BCUT2D eigenvalue weighted by Crippen LogP contribution is 2.49. The lowest BCUT2D eigenvalue weighted by molar-refractivity contribution is -0.0293. The summed E-state index contributed by atoms with van der Waals surface area (Å²) in [5.41, 5.74) is 4.18. The summed E-state index contributed by atoms with van der Waals surface area (Å²) in [7, 11) is 0. The van der Waals surface area contributed by atoms with Gasteiger partial charge in [-0.3, -0.25) is 0 Å². The van der Waals surface area contributed by atoms with Crippen LogP contribution in [0, 0.1) is 17.3 Å². The molecule has 21 heavy (non-hydrogen) atoms. The smallest absolute Gasteiger partial charge is 0.0825 e. The van der Waals surface area contributed by atoms with Crippen molar-refractivity contribution in [2.24, 2.45) is 17.3 Å². The van der Waals surface area contributed by atoms with Gasteiger partial charge in [0.2, 0.25) is 0 Å². The number of benzene rings is 1. The molecule has 0 saturated heterocycles. The molecule has 3 atom stereocenters. The van der Waals surface area contributed by atoms with Crippen LogP contribution in [0.3, 0.4) is 0 Å². The van der Waals surface area contributed by atoms with Crippen LogP contribution in [0.4, 0.5) is 0 Å². The molecule has 0 amide bonds. The maximum Gasteiger partial charge on any atom is 0.0825 e. The summed E-state index contributed by atoms with van der Waals surface area (Å²) in [5, 5.41) is 14.4. The monoisotopic (exact) mass is 287 g/mol. The van der Waals surface area contributed by atoms with Gasteiger partial charge < -0.3 is 10.4 Å². The predicted molar refractivity (Wildman–Crippen MR) is 87.1 cm³/mol. The van der Waals surface area contributed by atoms with Gasteiger partial charge >= 0.3 is 0 Å². The van der Waals surface area contributed by atoms with E-state index in [0.29, 0.717) is 11.8 Å². The molecule has 1 fully saturated rings. The van der Waals surface area contributed by atoms with Gasteiger partial charge in [0.05, 0.1) is 6.10 Å². The molecule has 0 radical (unpaired) electrons. The molecule has 0 bridgehead atoms. The van der Waals surface area contributed by atoms with E-state index in [1.165, 1.54) is 30.4 Å². The minimum atomic E-state index is -0.324. The van der Waals surface area contributed by atoms with Crippen molar-refractivity contribution in [1.82, 2.24) is 5.32 Å². The van der Waals surface area contributed by atoms with Crippen LogP contribution in [-0.2, 0) is 13.0 Å². The van der Waals surface area contributed by atoms with Crippen molar-refractivity contribution in [2.75, 3.05) is 6.54 Å². The second-order valence-electron chi connectivity index (χ2n) is 7.78. The minimum absolute atomic E-state index is 0.231. The number of aliphatic hydroxyl groups excluding tert-OH is 1. The van der Waals surface area contributed by atoms with Gasteiger partial charge in [0.25, 0.3) is 0 Å². The highest BCUT2D eigenvalue weighted by molar-refractivity contribution is 5.35. The Balaban J connectivity index is 1.88. The molecule has 2 nitrogen and oxygen atoms in total. The first-order valence-electron chi connectivity index (χ1n) is 8.49. The van der Waals surface area contributed by atoms with E-state index in [-0.39, 0.29) is 11.5 Å². The van der Waals surface area contributed by atoms with Gasteiger partial charge in [-0.15, -0.1) is 0 Å². The van der Waals surface area contributed by atoms with Crippen LogP contribution in [-0.4, -0.2) is 11.7 Å². The van der Waals surface area contributed by atoms with E-state index in [0.717, 1.165) is 25.1 Å². The van der Waals surface area contributed by atoms with Crippen LogP contribution in [0.15, 0.2) is 18.2 Å². The van der Waals surface area contributed by atoms with Gasteiger partial charge in [0.1, 0.15) is 0 Å². The van der Waals surface area contributed by atoms with E-state index in [1.807, 2.05) is 0 Å². The van der Waals surface area contributed by atoms with E-state index in [2.05, 4.69) is 44.3 Å². The maximum atomic E-state index is 11.0. The molecular formula is C19H29NO. The Hall–Kier alpha value is -0.860. The first kappa shape index (κ1) is 15.1. The average Bonchev–Trinajstić information content (AvgIpc) is 2.45. The second kappa shape index (κ2) is 5.73.